The van der Waals surface area contributed by atoms with Crippen LogP contribution in [0.1, 0.15) is 44.9 Å². The van der Waals surface area contributed by atoms with Crippen molar-refractivity contribution in [2.45, 2.75) is 51.0 Å². The summed E-state index contributed by atoms with van der Waals surface area (Å²) in [6.45, 7) is 3.05. The van der Waals surface area contributed by atoms with E-state index in [1.807, 2.05) is 4.90 Å². The molecule has 108 valence electrons. The van der Waals surface area contributed by atoms with Gasteiger partial charge in [-0.2, -0.15) is 0 Å². The molecule has 4 heteroatoms. The molecular formula is C15H26N2O2. The molecule has 1 saturated heterocycles. The lowest BCUT2D eigenvalue weighted by atomic mass is 10.1. The van der Waals surface area contributed by atoms with E-state index in [4.69, 9.17) is 16.9 Å². The third-order valence-electron chi connectivity index (χ3n) is 3.46. The third-order valence-corrected chi connectivity index (χ3v) is 3.46. The average Bonchev–Trinajstić information content (AvgIpc) is 2.44. The Labute approximate surface area is 116 Å². The van der Waals surface area contributed by atoms with Gasteiger partial charge in [-0.3, -0.25) is 4.79 Å². The summed E-state index contributed by atoms with van der Waals surface area (Å²) in [5.74, 6) is 2.86. The minimum absolute atomic E-state index is 0.262. The molecule has 2 N–H and O–H groups in total. The van der Waals surface area contributed by atoms with Crippen LogP contribution in [0.2, 0.25) is 0 Å². The molecule has 0 aromatic heterocycles. The highest BCUT2D eigenvalue weighted by molar-refractivity contribution is 5.76. The van der Waals surface area contributed by atoms with Crippen molar-refractivity contribution in [1.29, 1.82) is 0 Å². The van der Waals surface area contributed by atoms with Gasteiger partial charge in [-0.25, -0.2) is 0 Å². The first-order valence-electron chi connectivity index (χ1n) is 7.31. The number of amides is 1. The number of ether oxygens (including phenoxy) is 1. The van der Waals surface area contributed by atoms with E-state index in [2.05, 4.69) is 5.92 Å². The summed E-state index contributed by atoms with van der Waals surface area (Å²) in [5, 5.41) is 0. The van der Waals surface area contributed by atoms with Crippen molar-refractivity contribution < 1.29 is 9.53 Å². The van der Waals surface area contributed by atoms with Gasteiger partial charge in [0.05, 0.1) is 6.10 Å². The van der Waals surface area contributed by atoms with Gasteiger partial charge >= 0.3 is 0 Å². The molecule has 1 amide bonds. The predicted octanol–water partition coefficient (Wildman–Crippen LogP) is 1.54. The molecule has 0 spiro atoms. The van der Waals surface area contributed by atoms with Crippen molar-refractivity contribution in [3.63, 3.8) is 0 Å². The number of nitrogens with zero attached hydrogens (tertiary/aromatic N) is 1. The summed E-state index contributed by atoms with van der Waals surface area (Å²) < 4.78 is 5.72. The molecule has 1 fully saturated rings. The van der Waals surface area contributed by atoms with E-state index in [1.165, 1.54) is 0 Å². The molecule has 0 bridgehead atoms. The molecule has 0 atom stereocenters. The van der Waals surface area contributed by atoms with Crippen molar-refractivity contribution in [2.75, 3.05) is 26.2 Å². The highest BCUT2D eigenvalue weighted by Crippen LogP contribution is 2.15. The summed E-state index contributed by atoms with van der Waals surface area (Å²) in [5.41, 5.74) is 5.43. The topological polar surface area (TPSA) is 55.6 Å². The van der Waals surface area contributed by atoms with Crippen LogP contribution in [0.5, 0.6) is 0 Å². The second-order valence-electron chi connectivity index (χ2n) is 5.00. The minimum atomic E-state index is 0.262. The number of carbonyl (C=O) groups excluding carboxylic acids is 1. The van der Waals surface area contributed by atoms with Crippen molar-refractivity contribution in [1.82, 2.24) is 4.90 Å². The zero-order valence-electron chi connectivity index (χ0n) is 11.8. The van der Waals surface area contributed by atoms with Gasteiger partial charge < -0.3 is 15.4 Å². The zero-order valence-corrected chi connectivity index (χ0v) is 11.8. The lowest BCUT2D eigenvalue weighted by Crippen LogP contribution is -2.40. The van der Waals surface area contributed by atoms with E-state index in [-0.39, 0.29) is 5.91 Å². The SMILES string of the molecule is C#CCCCCC(=O)N1CCC(OCCCN)CC1. The Morgan fingerprint density at radius 1 is 1.32 bits per heavy atom. The number of hydrogen-bond donors (Lipinski definition) is 1. The fourth-order valence-corrected chi connectivity index (χ4v) is 2.27. The quantitative estimate of drug-likeness (QED) is 0.535. The minimum Gasteiger partial charge on any atom is -0.378 e. The van der Waals surface area contributed by atoms with Crippen LogP contribution in [0.4, 0.5) is 0 Å². The number of rotatable bonds is 8. The van der Waals surface area contributed by atoms with Gasteiger partial charge in [0.2, 0.25) is 5.91 Å². The maximum Gasteiger partial charge on any atom is 0.222 e. The van der Waals surface area contributed by atoms with Crippen molar-refractivity contribution in [3.05, 3.63) is 0 Å². The molecule has 0 aliphatic carbocycles. The molecule has 19 heavy (non-hydrogen) atoms. The van der Waals surface area contributed by atoms with Crippen LogP contribution >= 0.6 is 0 Å². The summed E-state index contributed by atoms with van der Waals surface area (Å²) in [6, 6.07) is 0. The van der Waals surface area contributed by atoms with Gasteiger partial charge in [0.25, 0.3) is 0 Å². The highest BCUT2D eigenvalue weighted by atomic mass is 16.5. The second-order valence-corrected chi connectivity index (χ2v) is 5.00. The van der Waals surface area contributed by atoms with Gasteiger partial charge in [0.15, 0.2) is 0 Å². The molecule has 1 aliphatic heterocycles. The maximum atomic E-state index is 11.9. The van der Waals surface area contributed by atoms with E-state index >= 15 is 0 Å². The molecule has 0 saturated carbocycles. The first-order chi connectivity index (χ1) is 9.27. The normalized spacial score (nSPS) is 16.3. The van der Waals surface area contributed by atoms with Gasteiger partial charge in [0.1, 0.15) is 0 Å². The Bertz CT molecular complexity index is 291. The number of piperidine rings is 1. The fraction of sp³-hybridized carbons (Fsp3) is 0.800. The molecule has 0 radical (unpaired) electrons. The summed E-state index contributed by atoms with van der Waals surface area (Å²) in [7, 11) is 0. The number of likely N-dealkylation sites (tertiary alicyclic amines) is 1. The first kappa shape index (κ1) is 16.0. The predicted molar refractivity (Wildman–Crippen MR) is 76.5 cm³/mol. The number of nitrogens with two attached hydrogens (primary N) is 1. The maximum absolute atomic E-state index is 11.9. The Balaban J connectivity index is 2.11. The van der Waals surface area contributed by atoms with Crippen LogP contribution in [0, 0.1) is 12.3 Å². The number of hydrogen-bond acceptors (Lipinski definition) is 3. The Morgan fingerprint density at radius 2 is 2.05 bits per heavy atom. The molecule has 0 aromatic rings. The smallest absolute Gasteiger partial charge is 0.222 e. The van der Waals surface area contributed by atoms with E-state index in [9.17, 15) is 4.79 Å². The standard InChI is InChI=1S/C15H26N2O2/c1-2-3-4-5-7-15(18)17-11-8-14(9-12-17)19-13-6-10-16/h1,14H,3-13,16H2. The van der Waals surface area contributed by atoms with Crippen molar-refractivity contribution in [3.8, 4) is 12.3 Å². The molecule has 0 aromatic carbocycles. The average molecular weight is 266 g/mol. The van der Waals surface area contributed by atoms with E-state index < -0.39 is 0 Å². The van der Waals surface area contributed by atoms with E-state index in [0.29, 0.717) is 19.1 Å². The van der Waals surface area contributed by atoms with Gasteiger partial charge in [-0.15, -0.1) is 12.3 Å². The molecule has 1 rings (SSSR count). The van der Waals surface area contributed by atoms with Crippen LogP contribution < -0.4 is 5.73 Å². The monoisotopic (exact) mass is 266 g/mol. The zero-order chi connectivity index (χ0) is 13.9. The van der Waals surface area contributed by atoms with Gasteiger partial charge in [-0.1, -0.05) is 0 Å². The Morgan fingerprint density at radius 3 is 2.68 bits per heavy atom. The summed E-state index contributed by atoms with van der Waals surface area (Å²) >= 11 is 0. The molecule has 1 heterocycles. The van der Waals surface area contributed by atoms with Crippen LogP contribution in [-0.4, -0.2) is 43.2 Å². The van der Waals surface area contributed by atoms with Gasteiger partial charge in [0, 0.05) is 32.5 Å². The van der Waals surface area contributed by atoms with Crippen LogP contribution in [0.25, 0.3) is 0 Å². The Hall–Kier alpha value is -1.05. The number of carbonyl (C=O) groups is 1. The van der Waals surface area contributed by atoms with Crippen LogP contribution in [0.15, 0.2) is 0 Å². The molecule has 4 nitrogen and oxygen atoms in total. The highest BCUT2D eigenvalue weighted by Gasteiger charge is 2.22. The van der Waals surface area contributed by atoms with E-state index in [0.717, 1.165) is 58.2 Å². The lowest BCUT2D eigenvalue weighted by molar-refractivity contribution is -0.133. The number of unbranched alkanes of at least 4 members (excludes halogenated alkanes) is 2. The third kappa shape index (κ3) is 6.60. The van der Waals surface area contributed by atoms with Crippen LogP contribution in [0.3, 0.4) is 0 Å². The Kier molecular flexibility index (Phi) is 8.28. The van der Waals surface area contributed by atoms with Crippen molar-refractivity contribution in [2.24, 2.45) is 5.73 Å². The van der Waals surface area contributed by atoms with Crippen molar-refractivity contribution >= 4 is 5.91 Å². The summed E-state index contributed by atoms with van der Waals surface area (Å²) in [4.78, 5) is 13.9. The van der Waals surface area contributed by atoms with Crippen LogP contribution in [-0.2, 0) is 9.53 Å². The molecule has 0 unspecified atom stereocenters. The molecule has 1 aliphatic rings. The lowest BCUT2D eigenvalue weighted by Gasteiger charge is -2.32. The number of terminal acetylenes is 1. The fourth-order valence-electron chi connectivity index (χ4n) is 2.27. The summed E-state index contributed by atoms with van der Waals surface area (Å²) in [6.07, 6.45) is 11.5. The molecular weight excluding hydrogens is 240 g/mol. The first-order valence-corrected chi connectivity index (χ1v) is 7.31. The van der Waals surface area contributed by atoms with E-state index in [1.54, 1.807) is 0 Å². The second kappa shape index (κ2) is 9.82. The largest absolute Gasteiger partial charge is 0.378 e. The van der Waals surface area contributed by atoms with Gasteiger partial charge in [-0.05, 0) is 38.6 Å².